The summed E-state index contributed by atoms with van der Waals surface area (Å²) in [6.45, 7) is 3.76. The maximum Gasteiger partial charge on any atom is 0.306 e. The van der Waals surface area contributed by atoms with Crippen molar-refractivity contribution >= 4 is 11.9 Å². The van der Waals surface area contributed by atoms with Crippen molar-refractivity contribution in [2.75, 3.05) is 13.2 Å². The van der Waals surface area contributed by atoms with E-state index >= 15 is 0 Å². The van der Waals surface area contributed by atoms with Gasteiger partial charge < -0.3 is 14.6 Å². The third kappa shape index (κ3) is 36.9. The van der Waals surface area contributed by atoms with Gasteiger partial charge in [0.15, 0.2) is 6.10 Å². The van der Waals surface area contributed by atoms with Crippen LogP contribution in [0.25, 0.3) is 0 Å². The number of rotatable bonds is 31. The fraction of sp³-hybridized carbons (Fsp3) is 0.467. The summed E-state index contributed by atoms with van der Waals surface area (Å²) in [6, 6.07) is 0. The number of ether oxygens (including phenoxy) is 2. The van der Waals surface area contributed by atoms with Crippen LogP contribution in [0.15, 0.2) is 134 Å². The topological polar surface area (TPSA) is 72.8 Å². The van der Waals surface area contributed by atoms with Crippen LogP contribution >= 0.6 is 0 Å². The van der Waals surface area contributed by atoms with E-state index in [-0.39, 0.29) is 32.0 Å². The second-order valence-corrected chi connectivity index (χ2v) is 11.5. The van der Waals surface area contributed by atoms with Crippen molar-refractivity contribution in [3.05, 3.63) is 134 Å². The zero-order chi connectivity index (χ0) is 36.4. The Bertz CT molecular complexity index is 1140. The lowest BCUT2D eigenvalue weighted by Crippen LogP contribution is -2.28. The monoisotopic (exact) mass is 686 g/mol. The predicted octanol–water partition coefficient (Wildman–Crippen LogP) is 11.8. The van der Waals surface area contributed by atoms with Gasteiger partial charge in [-0.1, -0.05) is 148 Å². The molecule has 0 saturated heterocycles. The van der Waals surface area contributed by atoms with Crippen LogP contribution in [0, 0.1) is 0 Å². The summed E-state index contributed by atoms with van der Waals surface area (Å²) in [6.07, 6.45) is 59.5. The Kier molecular flexibility index (Phi) is 36.4. The number of carbonyl (C=O) groups excluding carboxylic acids is 2. The van der Waals surface area contributed by atoms with Crippen LogP contribution in [-0.2, 0) is 19.1 Å². The fourth-order valence-corrected chi connectivity index (χ4v) is 4.20. The van der Waals surface area contributed by atoms with Crippen LogP contribution in [0.5, 0.6) is 0 Å². The van der Waals surface area contributed by atoms with Crippen LogP contribution in [-0.4, -0.2) is 36.4 Å². The molecule has 276 valence electrons. The summed E-state index contributed by atoms with van der Waals surface area (Å²) in [4.78, 5) is 24.2. The van der Waals surface area contributed by atoms with E-state index < -0.39 is 12.1 Å². The Hall–Kier alpha value is -3.96. The van der Waals surface area contributed by atoms with Gasteiger partial charge in [0.1, 0.15) is 6.61 Å². The van der Waals surface area contributed by atoms with Crippen LogP contribution in [0.4, 0.5) is 0 Å². The molecule has 0 unspecified atom stereocenters. The lowest BCUT2D eigenvalue weighted by Gasteiger charge is -2.15. The number of esters is 2. The molecule has 50 heavy (non-hydrogen) atoms. The van der Waals surface area contributed by atoms with Crippen molar-refractivity contribution in [1.29, 1.82) is 0 Å². The number of carbonyl (C=O) groups is 2. The molecule has 0 spiro atoms. The van der Waals surface area contributed by atoms with Crippen molar-refractivity contribution < 1.29 is 24.2 Å². The summed E-state index contributed by atoms with van der Waals surface area (Å²) in [7, 11) is 0. The number of hydrogen-bond donors (Lipinski definition) is 1. The number of aliphatic hydroxyl groups is 1. The van der Waals surface area contributed by atoms with Gasteiger partial charge in [0, 0.05) is 12.8 Å². The number of aliphatic hydroxyl groups excluding tert-OH is 1. The number of unbranched alkanes of at least 4 members (excludes halogenated alkanes) is 1. The average molecular weight is 687 g/mol. The Morgan fingerprint density at radius 2 is 0.800 bits per heavy atom. The quantitative estimate of drug-likeness (QED) is 0.0446. The lowest BCUT2D eigenvalue weighted by atomic mass is 10.2. The molecule has 0 aromatic rings. The summed E-state index contributed by atoms with van der Waals surface area (Å²) in [5.74, 6) is -0.775. The first-order valence-electron chi connectivity index (χ1n) is 18.7. The normalized spacial score (nSPS) is 13.7. The minimum Gasteiger partial charge on any atom is -0.462 e. The Morgan fingerprint density at radius 1 is 0.460 bits per heavy atom. The minimum atomic E-state index is -0.845. The SMILES string of the molecule is CC/C=C\C/C=C\C/C=C\C/C=C\C/C=C\C/C=C\CCC(=O)O[C@@H](CO)COC(=O)CCC/C=C\C/C=C\C/C=C\C/C=C\C/C=C\CC. The highest BCUT2D eigenvalue weighted by Gasteiger charge is 2.15. The highest BCUT2D eigenvalue weighted by atomic mass is 16.6. The Labute approximate surface area is 305 Å². The molecule has 0 aromatic carbocycles. The van der Waals surface area contributed by atoms with E-state index in [4.69, 9.17) is 9.47 Å². The van der Waals surface area contributed by atoms with Gasteiger partial charge in [0.2, 0.25) is 0 Å². The van der Waals surface area contributed by atoms with Crippen molar-refractivity contribution in [3.63, 3.8) is 0 Å². The molecular formula is C45H66O5. The van der Waals surface area contributed by atoms with E-state index in [0.29, 0.717) is 12.8 Å². The standard InChI is InChI=1S/C45H66O5/c1-3-5-7-9-11-13-15-17-19-21-22-24-26-28-30-32-34-36-38-40-45(48)50-43(41-46)42-49-44(47)39-37-35-33-31-29-27-25-23-20-18-16-14-12-10-8-6-4-2/h5-8,11-14,17-20,22,24-25,27-28,30-31,33-34,36,43,46H,3-4,9-10,15-16,21,23,26,29,32,35,37-42H2,1-2H3/b7-5-,8-6-,13-11-,14-12-,19-17-,20-18-,24-22-,27-25-,30-28-,33-31-,36-34-/t43-/m0/s1. The van der Waals surface area contributed by atoms with E-state index in [1.54, 1.807) is 0 Å². The molecule has 1 N–H and O–H groups in total. The van der Waals surface area contributed by atoms with Crippen LogP contribution in [0.3, 0.4) is 0 Å². The number of allylic oxidation sites excluding steroid dienone is 22. The van der Waals surface area contributed by atoms with E-state index in [1.165, 1.54) is 0 Å². The second-order valence-electron chi connectivity index (χ2n) is 11.5. The van der Waals surface area contributed by atoms with Gasteiger partial charge in [-0.2, -0.15) is 0 Å². The Balaban J connectivity index is 3.86. The van der Waals surface area contributed by atoms with Crippen LogP contribution in [0.2, 0.25) is 0 Å². The molecule has 0 aliphatic heterocycles. The molecule has 5 heteroatoms. The molecule has 0 rings (SSSR count). The summed E-state index contributed by atoms with van der Waals surface area (Å²) < 4.78 is 10.5. The van der Waals surface area contributed by atoms with Gasteiger partial charge in [-0.3, -0.25) is 9.59 Å². The molecule has 5 nitrogen and oxygen atoms in total. The lowest BCUT2D eigenvalue weighted by molar-refractivity contribution is -0.161. The largest absolute Gasteiger partial charge is 0.462 e. The van der Waals surface area contributed by atoms with E-state index in [2.05, 4.69) is 135 Å². The van der Waals surface area contributed by atoms with E-state index in [0.717, 1.165) is 77.0 Å². The first-order chi connectivity index (χ1) is 24.6. The molecule has 0 fully saturated rings. The zero-order valence-corrected chi connectivity index (χ0v) is 31.1. The summed E-state index contributed by atoms with van der Waals surface area (Å²) in [5, 5.41) is 9.53. The highest BCUT2D eigenvalue weighted by molar-refractivity contribution is 5.70. The second kappa shape index (κ2) is 39.5. The van der Waals surface area contributed by atoms with Crippen molar-refractivity contribution in [1.82, 2.24) is 0 Å². The summed E-state index contributed by atoms with van der Waals surface area (Å²) >= 11 is 0. The molecule has 0 saturated carbocycles. The van der Waals surface area contributed by atoms with Gasteiger partial charge in [-0.15, -0.1) is 0 Å². The molecule has 0 aliphatic carbocycles. The smallest absolute Gasteiger partial charge is 0.306 e. The van der Waals surface area contributed by atoms with Gasteiger partial charge >= 0.3 is 11.9 Å². The first kappa shape index (κ1) is 46.0. The zero-order valence-electron chi connectivity index (χ0n) is 31.1. The van der Waals surface area contributed by atoms with Crippen molar-refractivity contribution in [3.8, 4) is 0 Å². The maximum atomic E-state index is 12.1. The molecule has 0 radical (unpaired) electrons. The third-order valence-electron chi connectivity index (χ3n) is 6.95. The fourth-order valence-electron chi connectivity index (χ4n) is 4.20. The average Bonchev–Trinajstić information content (AvgIpc) is 3.12. The third-order valence-corrected chi connectivity index (χ3v) is 6.95. The molecule has 0 heterocycles. The molecule has 0 aliphatic rings. The van der Waals surface area contributed by atoms with Crippen molar-refractivity contribution in [2.45, 2.75) is 123 Å². The van der Waals surface area contributed by atoms with Crippen LogP contribution < -0.4 is 0 Å². The number of hydrogen-bond acceptors (Lipinski definition) is 5. The maximum absolute atomic E-state index is 12.1. The van der Waals surface area contributed by atoms with Gasteiger partial charge in [0.05, 0.1) is 6.61 Å². The molecule has 0 bridgehead atoms. The highest BCUT2D eigenvalue weighted by Crippen LogP contribution is 2.05. The van der Waals surface area contributed by atoms with Crippen LogP contribution in [0.1, 0.15) is 117 Å². The molecule has 0 aromatic heterocycles. The molecular weight excluding hydrogens is 620 g/mol. The molecule has 1 atom stereocenters. The van der Waals surface area contributed by atoms with Crippen molar-refractivity contribution in [2.24, 2.45) is 0 Å². The molecule has 0 amide bonds. The Morgan fingerprint density at radius 3 is 1.16 bits per heavy atom. The summed E-state index contributed by atoms with van der Waals surface area (Å²) in [5.41, 5.74) is 0. The van der Waals surface area contributed by atoms with E-state index in [9.17, 15) is 14.7 Å². The minimum absolute atomic E-state index is 0.136. The predicted molar refractivity (Wildman–Crippen MR) is 214 cm³/mol. The van der Waals surface area contributed by atoms with Gasteiger partial charge in [-0.25, -0.2) is 0 Å². The first-order valence-corrected chi connectivity index (χ1v) is 18.7. The van der Waals surface area contributed by atoms with Gasteiger partial charge in [0.25, 0.3) is 0 Å². The van der Waals surface area contributed by atoms with Gasteiger partial charge in [-0.05, 0) is 89.9 Å². The van der Waals surface area contributed by atoms with E-state index in [1.807, 2.05) is 12.2 Å².